The van der Waals surface area contributed by atoms with Crippen LogP contribution in [-0.4, -0.2) is 37.0 Å². The van der Waals surface area contributed by atoms with Crippen LogP contribution in [0.2, 0.25) is 0 Å². The molecule has 0 unspecified atom stereocenters. The Morgan fingerprint density at radius 3 is 2.39 bits per heavy atom. The highest BCUT2D eigenvalue weighted by Crippen LogP contribution is 2.12. The van der Waals surface area contributed by atoms with Gasteiger partial charge in [0.2, 0.25) is 5.82 Å². The number of amides is 2. The maximum atomic E-state index is 12.2. The summed E-state index contributed by atoms with van der Waals surface area (Å²) in [5, 5.41) is 12.5. The van der Waals surface area contributed by atoms with Gasteiger partial charge >= 0.3 is 0 Å². The standard InChI is InChI=1S/C21H17N7O3/c29-19(24-25-21(31)17-7-4-12-22-20(17)30)16-10-8-14(9-11-16)13-28-26-18(23-27-28)15-5-2-1-3-6-15/h1-12H,13H2,(H,22,30)(H,24,29)(H,25,31). The SMILES string of the molecule is O=C(NNC(=O)c1ccc[nH]c1=O)c1ccc(Cn2nnc(-c3ccccc3)n2)cc1. The maximum absolute atomic E-state index is 12.2. The number of hydrogen-bond acceptors (Lipinski definition) is 6. The van der Waals surface area contributed by atoms with Gasteiger partial charge in [-0.25, -0.2) is 0 Å². The molecule has 0 radical (unpaired) electrons. The lowest BCUT2D eigenvalue weighted by Gasteiger charge is -2.07. The molecule has 0 aliphatic heterocycles. The van der Waals surface area contributed by atoms with Crippen molar-refractivity contribution in [2.75, 3.05) is 0 Å². The molecule has 4 rings (SSSR count). The van der Waals surface area contributed by atoms with Crippen LogP contribution in [0.1, 0.15) is 26.3 Å². The molecule has 0 fully saturated rings. The summed E-state index contributed by atoms with van der Waals surface area (Å²) in [6, 6.07) is 19.1. The Morgan fingerprint density at radius 1 is 0.903 bits per heavy atom. The predicted octanol–water partition coefficient (Wildman–Crippen LogP) is 1.15. The molecule has 0 saturated carbocycles. The summed E-state index contributed by atoms with van der Waals surface area (Å²) in [6.07, 6.45) is 1.41. The van der Waals surface area contributed by atoms with Gasteiger partial charge in [0, 0.05) is 17.3 Å². The number of hydrazine groups is 1. The topological polar surface area (TPSA) is 135 Å². The maximum Gasteiger partial charge on any atom is 0.275 e. The van der Waals surface area contributed by atoms with Gasteiger partial charge in [0.15, 0.2) is 0 Å². The van der Waals surface area contributed by atoms with Gasteiger partial charge in [-0.3, -0.25) is 25.2 Å². The molecule has 2 heterocycles. The number of nitrogens with zero attached hydrogens (tertiary/aromatic N) is 4. The van der Waals surface area contributed by atoms with Crippen molar-refractivity contribution < 1.29 is 9.59 Å². The Bertz CT molecular complexity index is 1260. The van der Waals surface area contributed by atoms with Crippen molar-refractivity contribution in [3.63, 3.8) is 0 Å². The number of pyridine rings is 1. The smallest absolute Gasteiger partial charge is 0.275 e. The lowest BCUT2D eigenvalue weighted by Crippen LogP contribution is -2.43. The van der Waals surface area contributed by atoms with Gasteiger partial charge in [0.1, 0.15) is 5.56 Å². The van der Waals surface area contributed by atoms with E-state index in [1.807, 2.05) is 30.3 Å². The summed E-state index contributed by atoms with van der Waals surface area (Å²) in [5.74, 6) is -0.694. The van der Waals surface area contributed by atoms with Crippen LogP contribution in [-0.2, 0) is 6.54 Å². The van der Waals surface area contributed by atoms with Crippen molar-refractivity contribution in [2.24, 2.45) is 0 Å². The van der Waals surface area contributed by atoms with E-state index in [0.29, 0.717) is 17.9 Å². The van der Waals surface area contributed by atoms with Crippen LogP contribution >= 0.6 is 0 Å². The lowest BCUT2D eigenvalue weighted by molar-refractivity contribution is 0.0846. The summed E-state index contributed by atoms with van der Waals surface area (Å²) in [6.45, 7) is 0.384. The monoisotopic (exact) mass is 415 g/mol. The van der Waals surface area contributed by atoms with E-state index in [1.165, 1.54) is 23.1 Å². The van der Waals surface area contributed by atoms with Crippen LogP contribution in [0.3, 0.4) is 0 Å². The fourth-order valence-corrected chi connectivity index (χ4v) is 2.79. The number of carbonyl (C=O) groups excluding carboxylic acids is 2. The molecule has 0 aliphatic carbocycles. The Balaban J connectivity index is 1.35. The van der Waals surface area contributed by atoms with Gasteiger partial charge < -0.3 is 4.98 Å². The number of aromatic amines is 1. The number of aromatic nitrogens is 5. The van der Waals surface area contributed by atoms with Crippen molar-refractivity contribution in [3.05, 3.63) is 100.0 Å². The molecule has 2 aromatic heterocycles. The summed E-state index contributed by atoms with van der Waals surface area (Å²) in [5.41, 5.74) is 5.93. The number of nitrogens with one attached hydrogen (secondary N) is 3. The van der Waals surface area contributed by atoms with E-state index in [4.69, 9.17) is 0 Å². The van der Waals surface area contributed by atoms with Gasteiger partial charge in [-0.1, -0.05) is 42.5 Å². The van der Waals surface area contributed by atoms with E-state index in [-0.39, 0.29) is 5.56 Å². The first kappa shape index (κ1) is 19.7. The number of H-pyrrole nitrogens is 1. The van der Waals surface area contributed by atoms with Crippen molar-refractivity contribution in [3.8, 4) is 11.4 Å². The molecule has 10 heteroatoms. The summed E-state index contributed by atoms with van der Waals surface area (Å²) < 4.78 is 0. The molecule has 154 valence electrons. The average Bonchev–Trinajstić information content (AvgIpc) is 3.27. The molecule has 10 nitrogen and oxygen atoms in total. The lowest BCUT2D eigenvalue weighted by atomic mass is 10.1. The minimum atomic E-state index is -0.710. The highest BCUT2D eigenvalue weighted by Gasteiger charge is 2.12. The van der Waals surface area contributed by atoms with Gasteiger partial charge in [-0.2, -0.15) is 4.80 Å². The fourth-order valence-electron chi connectivity index (χ4n) is 2.79. The first-order valence-electron chi connectivity index (χ1n) is 9.31. The third kappa shape index (κ3) is 4.70. The molecule has 4 aromatic rings. The van der Waals surface area contributed by atoms with Crippen LogP contribution in [0, 0.1) is 0 Å². The number of carbonyl (C=O) groups is 2. The second-order valence-corrected chi connectivity index (χ2v) is 6.53. The Kier molecular flexibility index (Phi) is 5.61. The van der Waals surface area contributed by atoms with Gasteiger partial charge in [-0.05, 0) is 35.0 Å². The Morgan fingerprint density at radius 2 is 1.65 bits per heavy atom. The van der Waals surface area contributed by atoms with Gasteiger partial charge in [-0.15, -0.1) is 10.2 Å². The van der Waals surface area contributed by atoms with E-state index < -0.39 is 17.4 Å². The zero-order valence-corrected chi connectivity index (χ0v) is 16.1. The highest BCUT2D eigenvalue weighted by molar-refractivity contribution is 5.98. The van der Waals surface area contributed by atoms with Crippen LogP contribution in [0.25, 0.3) is 11.4 Å². The number of benzene rings is 2. The second kappa shape index (κ2) is 8.82. The quantitative estimate of drug-likeness (QED) is 0.419. The van der Waals surface area contributed by atoms with Crippen molar-refractivity contribution >= 4 is 11.8 Å². The van der Waals surface area contributed by atoms with Crippen LogP contribution in [0.4, 0.5) is 0 Å². The summed E-state index contributed by atoms with van der Waals surface area (Å²) in [4.78, 5) is 39.7. The largest absolute Gasteiger partial charge is 0.328 e. The Labute approximate surface area is 175 Å². The van der Waals surface area contributed by atoms with E-state index >= 15 is 0 Å². The third-order valence-electron chi connectivity index (χ3n) is 4.38. The summed E-state index contributed by atoms with van der Waals surface area (Å²) >= 11 is 0. The highest BCUT2D eigenvalue weighted by atomic mass is 16.2. The minimum Gasteiger partial charge on any atom is -0.328 e. The molecule has 0 atom stereocenters. The van der Waals surface area contributed by atoms with Crippen molar-refractivity contribution in [2.45, 2.75) is 6.54 Å². The molecule has 0 spiro atoms. The molecule has 2 amide bonds. The molecular weight excluding hydrogens is 398 g/mol. The minimum absolute atomic E-state index is 0.103. The van der Waals surface area contributed by atoms with Crippen LogP contribution < -0.4 is 16.4 Å². The molecule has 0 bridgehead atoms. The summed E-state index contributed by atoms with van der Waals surface area (Å²) in [7, 11) is 0. The number of hydrogen-bond donors (Lipinski definition) is 3. The first-order valence-corrected chi connectivity index (χ1v) is 9.31. The normalized spacial score (nSPS) is 10.5. The first-order chi connectivity index (χ1) is 15.1. The van der Waals surface area contributed by atoms with Gasteiger partial charge in [0.05, 0.1) is 6.54 Å². The van der Waals surface area contributed by atoms with E-state index in [0.717, 1.165) is 11.1 Å². The van der Waals surface area contributed by atoms with Crippen molar-refractivity contribution in [1.29, 1.82) is 0 Å². The van der Waals surface area contributed by atoms with Crippen LogP contribution in [0.15, 0.2) is 77.7 Å². The third-order valence-corrected chi connectivity index (χ3v) is 4.38. The van der Waals surface area contributed by atoms with E-state index in [1.54, 1.807) is 24.3 Å². The fraction of sp³-hybridized carbons (Fsp3) is 0.0476. The van der Waals surface area contributed by atoms with Crippen molar-refractivity contribution in [1.82, 2.24) is 36.0 Å². The van der Waals surface area contributed by atoms with E-state index in [2.05, 4.69) is 31.2 Å². The molecule has 2 aromatic carbocycles. The molecular formula is C21H17N7O3. The predicted molar refractivity (Wildman–Crippen MR) is 111 cm³/mol. The molecule has 0 saturated heterocycles. The molecule has 31 heavy (non-hydrogen) atoms. The average molecular weight is 415 g/mol. The van der Waals surface area contributed by atoms with E-state index in [9.17, 15) is 14.4 Å². The Hall–Kier alpha value is -4.60. The van der Waals surface area contributed by atoms with Crippen LogP contribution in [0.5, 0.6) is 0 Å². The number of tetrazole rings is 1. The molecule has 3 N–H and O–H groups in total. The zero-order chi connectivity index (χ0) is 21.6. The zero-order valence-electron chi connectivity index (χ0n) is 16.1. The number of rotatable bonds is 5. The second-order valence-electron chi connectivity index (χ2n) is 6.53. The molecule has 0 aliphatic rings. The van der Waals surface area contributed by atoms with Gasteiger partial charge in [0.25, 0.3) is 17.4 Å².